The summed E-state index contributed by atoms with van der Waals surface area (Å²) in [6.07, 6.45) is -40.1. The lowest BCUT2D eigenvalue weighted by molar-refractivity contribution is -0.374. The van der Waals surface area contributed by atoms with Crippen LogP contribution >= 0.6 is 0 Å². The first-order valence-corrected chi connectivity index (χ1v) is 19.4. The molecule has 0 radical (unpaired) electrons. The molecule has 4 heterocycles. The zero-order chi connectivity index (χ0) is 45.6. The van der Waals surface area contributed by atoms with E-state index in [2.05, 4.69) is 10.6 Å². The van der Waals surface area contributed by atoms with Gasteiger partial charge >= 0.3 is 0 Å². The van der Waals surface area contributed by atoms with Crippen LogP contribution in [0.1, 0.15) is 20.8 Å². The Bertz CT molecular complexity index is 1370. The second kappa shape index (κ2) is 22.8. The van der Waals surface area contributed by atoms with Gasteiger partial charge in [0, 0.05) is 13.8 Å². The van der Waals surface area contributed by atoms with E-state index in [0.717, 1.165) is 13.8 Å². The van der Waals surface area contributed by atoms with Gasteiger partial charge in [0.2, 0.25) is 11.8 Å². The molecule has 0 aromatic heterocycles. The van der Waals surface area contributed by atoms with Crippen LogP contribution in [0.25, 0.3) is 0 Å². The van der Waals surface area contributed by atoms with Crippen LogP contribution in [0.2, 0.25) is 0 Å². The van der Waals surface area contributed by atoms with Gasteiger partial charge in [-0.3, -0.25) is 9.59 Å². The molecule has 0 spiro atoms. The molecule has 17 N–H and O–H groups in total. The second-order valence-corrected chi connectivity index (χ2v) is 15.2. The smallest absolute Gasteiger partial charge is 0.217 e. The molecule has 4 saturated heterocycles. The fourth-order valence-electron chi connectivity index (χ4n) is 7.27. The van der Waals surface area contributed by atoms with Crippen molar-refractivity contribution in [3.05, 3.63) is 0 Å². The van der Waals surface area contributed by atoms with Crippen LogP contribution in [0.15, 0.2) is 0 Å². The molecule has 4 aliphatic rings. The van der Waals surface area contributed by atoms with Gasteiger partial charge in [-0.15, -0.1) is 0 Å². The number of hydrogen-bond donors (Lipinski definition) is 17. The van der Waals surface area contributed by atoms with E-state index in [0.29, 0.717) is 0 Å². The maximum atomic E-state index is 12.7. The van der Waals surface area contributed by atoms with Crippen molar-refractivity contribution in [2.45, 2.75) is 168 Å². The number of rotatable bonds is 18. The Morgan fingerprint density at radius 2 is 1.07 bits per heavy atom. The van der Waals surface area contributed by atoms with Gasteiger partial charge in [-0.2, -0.15) is 0 Å². The average Bonchev–Trinajstić information content (AvgIpc) is 3.22. The molecular weight excluding hydrogens is 836 g/mol. The Labute approximate surface area is 347 Å². The van der Waals surface area contributed by atoms with E-state index < -0.39 is 192 Å². The van der Waals surface area contributed by atoms with Crippen molar-refractivity contribution in [3.8, 4) is 0 Å². The van der Waals surface area contributed by atoms with Crippen LogP contribution in [0.3, 0.4) is 0 Å². The third kappa shape index (κ3) is 12.0. The van der Waals surface area contributed by atoms with E-state index in [9.17, 15) is 86.2 Å². The third-order valence-corrected chi connectivity index (χ3v) is 10.7. The highest BCUT2D eigenvalue weighted by Crippen LogP contribution is 2.34. The standard InChI is InChI=1S/C34H60N2O25/c1-9-18(44)22(48)25(51)32(55-9)61-30-17(36-11(3)42)31(58-16(7-40)29(30)60-34-27(53)24(50)21(47)15(6-39)57-34)54-8-13(43)19(45)28(12(4-37)35-10(2)41)59-33-26(52)23(49)20(46)14(5-38)56-33/h9,12-34,37-40,43-53H,4-8H2,1-3H3,(H,35,41)(H,36,42)/t9-,12-,13+,14+,15+,16+,17+,18+,19-,20-,21-,22+,23-,24-,25-,26+,27+,28+,29+,30+,31+,32-,33-,34-/m0/s1. The molecule has 4 aliphatic heterocycles. The Morgan fingerprint density at radius 3 is 1.57 bits per heavy atom. The van der Waals surface area contributed by atoms with Crippen molar-refractivity contribution in [2.75, 3.05) is 33.0 Å². The predicted molar refractivity (Wildman–Crippen MR) is 191 cm³/mol. The highest BCUT2D eigenvalue weighted by molar-refractivity contribution is 5.73. The van der Waals surface area contributed by atoms with E-state index >= 15 is 0 Å². The first kappa shape index (κ1) is 51.7. The Morgan fingerprint density at radius 1 is 0.590 bits per heavy atom. The Balaban J connectivity index is 1.66. The molecular formula is C34H60N2O25. The minimum Gasteiger partial charge on any atom is -0.394 e. The zero-order valence-corrected chi connectivity index (χ0v) is 33.2. The largest absolute Gasteiger partial charge is 0.394 e. The summed E-state index contributed by atoms with van der Waals surface area (Å²) in [6.45, 7) is -1.30. The maximum absolute atomic E-state index is 12.7. The van der Waals surface area contributed by atoms with Gasteiger partial charge in [0.25, 0.3) is 0 Å². The topological polar surface area (TPSA) is 435 Å². The summed E-state index contributed by atoms with van der Waals surface area (Å²) < 4.78 is 45.7. The number of aliphatic hydroxyl groups excluding tert-OH is 15. The zero-order valence-electron chi connectivity index (χ0n) is 33.2. The normalized spacial score (nSPS) is 44.1. The molecule has 356 valence electrons. The average molecular weight is 897 g/mol. The monoisotopic (exact) mass is 896 g/mol. The Kier molecular flexibility index (Phi) is 19.3. The number of nitrogens with one attached hydrogen (secondary N) is 2. The molecule has 2 amide bonds. The van der Waals surface area contributed by atoms with Crippen molar-refractivity contribution >= 4 is 11.8 Å². The molecule has 61 heavy (non-hydrogen) atoms. The number of hydrogen-bond acceptors (Lipinski definition) is 25. The van der Waals surface area contributed by atoms with Crippen molar-refractivity contribution in [1.29, 1.82) is 0 Å². The minimum atomic E-state index is -2.21. The number of carbonyl (C=O) groups excluding carboxylic acids is 2. The van der Waals surface area contributed by atoms with Gasteiger partial charge in [0.1, 0.15) is 110 Å². The molecule has 24 atom stereocenters. The lowest BCUT2D eigenvalue weighted by Gasteiger charge is -2.50. The highest BCUT2D eigenvalue weighted by atomic mass is 16.8. The minimum absolute atomic E-state index is 0.766. The van der Waals surface area contributed by atoms with Gasteiger partial charge in [-0.25, -0.2) is 0 Å². The number of aliphatic hydroxyl groups is 15. The molecule has 0 bridgehead atoms. The van der Waals surface area contributed by atoms with E-state index in [4.69, 9.17) is 37.9 Å². The maximum Gasteiger partial charge on any atom is 0.217 e. The molecule has 0 aliphatic carbocycles. The van der Waals surface area contributed by atoms with Crippen LogP contribution in [-0.2, 0) is 47.5 Å². The van der Waals surface area contributed by atoms with E-state index in [-0.39, 0.29) is 0 Å². The molecule has 0 unspecified atom stereocenters. The van der Waals surface area contributed by atoms with Gasteiger partial charge in [-0.05, 0) is 6.92 Å². The second-order valence-electron chi connectivity index (χ2n) is 15.2. The van der Waals surface area contributed by atoms with Gasteiger partial charge in [0.05, 0.1) is 45.2 Å². The summed E-state index contributed by atoms with van der Waals surface area (Å²) in [5.74, 6) is -1.58. The first-order chi connectivity index (χ1) is 28.7. The SMILES string of the molecule is CC(=O)N[C@H]1[C@H](OC[C@@H](O)[C@H](O)[C@H](O[C@@H]2O[C@H](CO)[C@H](O)[C@H](O)[C@H]2O)[C@H](CO)NC(C)=O)O[C@H](CO)[C@@H](O[C@@H]2O[C@H](CO)[C@H](O)[C@H](O)[C@H]2O)[C@@H]1O[C@@H]1O[C@@H](C)[C@@H](O)[C@@H](O)[C@@H]1O. The Hall–Kier alpha value is -1.98. The molecule has 0 aromatic carbocycles. The fourth-order valence-corrected chi connectivity index (χ4v) is 7.27. The molecule has 4 rings (SSSR count). The summed E-state index contributed by atoms with van der Waals surface area (Å²) in [4.78, 5) is 24.7. The van der Waals surface area contributed by atoms with Crippen molar-refractivity contribution in [2.24, 2.45) is 0 Å². The lowest BCUT2D eigenvalue weighted by Crippen LogP contribution is -2.70. The van der Waals surface area contributed by atoms with Crippen molar-refractivity contribution in [1.82, 2.24) is 10.6 Å². The number of amides is 2. The lowest BCUT2D eigenvalue weighted by atomic mass is 9.94. The van der Waals surface area contributed by atoms with Crippen LogP contribution in [0, 0.1) is 0 Å². The molecule has 0 saturated carbocycles. The van der Waals surface area contributed by atoms with E-state index in [1.54, 1.807) is 0 Å². The van der Waals surface area contributed by atoms with Crippen molar-refractivity contribution in [3.63, 3.8) is 0 Å². The van der Waals surface area contributed by atoms with Crippen molar-refractivity contribution < 1.29 is 124 Å². The van der Waals surface area contributed by atoms with E-state index in [1.165, 1.54) is 6.92 Å². The number of carbonyl (C=O) groups is 2. The summed E-state index contributed by atoms with van der Waals surface area (Å²) >= 11 is 0. The molecule has 27 heteroatoms. The van der Waals surface area contributed by atoms with Crippen LogP contribution < -0.4 is 10.6 Å². The van der Waals surface area contributed by atoms with Gasteiger partial charge in [-0.1, -0.05) is 0 Å². The molecule has 0 aromatic rings. The summed E-state index contributed by atoms with van der Waals surface area (Å²) in [7, 11) is 0. The summed E-state index contributed by atoms with van der Waals surface area (Å²) in [6, 6.07) is -3.23. The van der Waals surface area contributed by atoms with Crippen LogP contribution in [-0.4, -0.2) is 269 Å². The number of ether oxygens (including phenoxy) is 8. The fraction of sp³-hybridized carbons (Fsp3) is 0.941. The quantitative estimate of drug-likeness (QED) is 0.0607. The van der Waals surface area contributed by atoms with Gasteiger partial charge < -0.3 is 125 Å². The predicted octanol–water partition coefficient (Wildman–Crippen LogP) is -11.0. The van der Waals surface area contributed by atoms with E-state index in [1.807, 2.05) is 0 Å². The van der Waals surface area contributed by atoms with Crippen LogP contribution in [0.4, 0.5) is 0 Å². The summed E-state index contributed by atoms with van der Waals surface area (Å²) in [5.41, 5.74) is 0. The first-order valence-electron chi connectivity index (χ1n) is 19.4. The third-order valence-electron chi connectivity index (χ3n) is 10.7. The molecule has 27 nitrogen and oxygen atoms in total. The molecule has 4 fully saturated rings. The highest BCUT2D eigenvalue weighted by Gasteiger charge is 2.55. The summed E-state index contributed by atoms with van der Waals surface area (Å²) in [5, 5.41) is 162. The van der Waals surface area contributed by atoms with Gasteiger partial charge in [0.15, 0.2) is 25.2 Å². The van der Waals surface area contributed by atoms with Crippen LogP contribution in [0.5, 0.6) is 0 Å².